The predicted octanol–water partition coefficient (Wildman–Crippen LogP) is 1.46. The molecule has 1 aliphatic rings. The number of amides is 1. The summed E-state index contributed by atoms with van der Waals surface area (Å²) in [7, 11) is 0. The van der Waals surface area contributed by atoms with Crippen LogP contribution in [0.1, 0.15) is 61.8 Å². The summed E-state index contributed by atoms with van der Waals surface area (Å²) >= 11 is 0. The van der Waals surface area contributed by atoms with Gasteiger partial charge in [0.1, 0.15) is 5.69 Å². The molecule has 1 N–H and O–H groups in total. The van der Waals surface area contributed by atoms with Gasteiger partial charge in [0, 0.05) is 26.2 Å². The van der Waals surface area contributed by atoms with Gasteiger partial charge < -0.3 is 14.4 Å². The molecule has 23 heavy (non-hydrogen) atoms. The van der Waals surface area contributed by atoms with Crippen LogP contribution in [0, 0.1) is 0 Å². The summed E-state index contributed by atoms with van der Waals surface area (Å²) in [6, 6.07) is -0.215. The molecule has 2 heterocycles. The van der Waals surface area contributed by atoms with Crippen LogP contribution in [0.15, 0.2) is 0 Å². The second-order valence-electron chi connectivity index (χ2n) is 5.32. The van der Waals surface area contributed by atoms with Gasteiger partial charge in [-0.3, -0.25) is 4.79 Å². The van der Waals surface area contributed by atoms with Gasteiger partial charge >= 0.3 is 5.97 Å². The standard InChI is InChI=1S/C15H24N4O4/c1-3-22-10-6-8-12(20)19-9-5-7-11(19)13-14(17-18-16-13)15(21)23-4-2/h11H,3-10H2,1-2H3,(H,16,17,18). The minimum atomic E-state index is -0.508. The van der Waals surface area contributed by atoms with Crippen molar-refractivity contribution in [2.75, 3.05) is 26.4 Å². The van der Waals surface area contributed by atoms with Gasteiger partial charge in [-0.1, -0.05) is 0 Å². The summed E-state index contributed by atoms with van der Waals surface area (Å²) in [5.41, 5.74) is 0.671. The zero-order chi connectivity index (χ0) is 16.7. The molecular weight excluding hydrogens is 300 g/mol. The zero-order valence-electron chi connectivity index (χ0n) is 13.7. The molecule has 2 rings (SSSR count). The normalized spacial score (nSPS) is 17.5. The van der Waals surface area contributed by atoms with Crippen molar-refractivity contribution in [3.05, 3.63) is 11.4 Å². The highest BCUT2D eigenvalue weighted by Crippen LogP contribution is 2.32. The molecule has 0 spiro atoms. The fourth-order valence-electron chi connectivity index (χ4n) is 2.78. The minimum absolute atomic E-state index is 0.0602. The Morgan fingerprint density at radius 1 is 1.30 bits per heavy atom. The van der Waals surface area contributed by atoms with Crippen molar-refractivity contribution in [1.29, 1.82) is 0 Å². The monoisotopic (exact) mass is 324 g/mol. The van der Waals surface area contributed by atoms with Crippen LogP contribution < -0.4 is 0 Å². The highest BCUT2D eigenvalue weighted by Gasteiger charge is 2.35. The van der Waals surface area contributed by atoms with E-state index in [0.29, 0.717) is 38.3 Å². The van der Waals surface area contributed by atoms with Crippen molar-refractivity contribution in [3.63, 3.8) is 0 Å². The number of aromatic nitrogens is 3. The number of nitrogens with zero attached hydrogens (tertiary/aromatic N) is 3. The van der Waals surface area contributed by atoms with Crippen LogP contribution in [0.5, 0.6) is 0 Å². The molecule has 1 aromatic rings. The number of esters is 1. The Kier molecular flexibility index (Phi) is 6.52. The maximum atomic E-state index is 12.4. The number of carbonyl (C=O) groups is 2. The van der Waals surface area contributed by atoms with Gasteiger partial charge in [-0.15, -0.1) is 5.10 Å². The second kappa shape index (κ2) is 8.61. The SMILES string of the molecule is CCOCCCC(=O)N1CCCC1c1n[nH]nc1C(=O)OCC. The van der Waals surface area contributed by atoms with Crippen molar-refractivity contribution >= 4 is 11.9 Å². The lowest BCUT2D eigenvalue weighted by atomic mass is 10.1. The maximum Gasteiger partial charge on any atom is 0.360 e. The number of ether oxygens (including phenoxy) is 2. The Morgan fingerprint density at radius 3 is 2.87 bits per heavy atom. The van der Waals surface area contributed by atoms with Gasteiger partial charge in [0.05, 0.1) is 12.6 Å². The Labute approximate surface area is 135 Å². The van der Waals surface area contributed by atoms with Crippen molar-refractivity contribution in [2.24, 2.45) is 0 Å². The molecule has 0 aliphatic carbocycles. The van der Waals surface area contributed by atoms with E-state index in [1.165, 1.54) is 0 Å². The van der Waals surface area contributed by atoms with Gasteiger partial charge in [0.25, 0.3) is 0 Å². The third-order valence-electron chi connectivity index (χ3n) is 3.82. The van der Waals surface area contributed by atoms with Gasteiger partial charge in [-0.05, 0) is 33.1 Å². The fraction of sp³-hybridized carbons (Fsp3) is 0.733. The lowest BCUT2D eigenvalue weighted by Crippen LogP contribution is -2.31. The first-order valence-corrected chi connectivity index (χ1v) is 8.14. The van der Waals surface area contributed by atoms with E-state index in [1.54, 1.807) is 11.8 Å². The molecule has 0 saturated carbocycles. The molecular formula is C15H24N4O4. The van der Waals surface area contributed by atoms with E-state index >= 15 is 0 Å². The van der Waals surface area contributed by atoms with Gasteiger partial charge in [0.2, 0.25) is 5.91 Å². The van der Waals surface area contributed by atoms with E-state index < -0.39 is 5.97 Å². The van der Waals surface area contributed by atoms with E-state index in [0.717, 1.165) is 12.8 Å². The fourth-order valence-corrected chi connectivity index (χ4v) is 2.78. The molecule has 128 valence electrons. The van der Waals surface area contributed by atoms with Crippen molar-refractivity contribution < 1.29 is 19.1 Å². The minimum Gasteiger partial charge on any atom is -0.461 e. The zero-order valence-corrected chi connectivity index (χ0v) is 13.7. The highest BCUT2D eigenvalue weighted by atomic mass is 16.5. The number of carbonyl (C=O) groups excluding carboxylic acids is 2. The Hall–Kier alpha value is -1.96. The summed E-state index contributed by atoms with van der Waals surface area (Å²) < 4.78 is 10.3. The van der Waals surface area contributed by atoms with Gasteiger partial charge in [0.15, 0.2) is 5.69 Å². The quantitative estimate of drug-likeness (QED) is 0.574. The topological polar surface area (TPSA) is 97.4 Å². The highest BCUT2D eigenvalue weighted by molar-refractivity contribution is 5.88. The number of likely N-dealkylation sites (tertiary alicyclic amines) is 1. The largest absolute Gasteiger partial charge is 0.461 e. The number of hydrogen-bond donors (Lipinski definition) is 1. The third kappa shape index (κ3) is 4.28. The van der Waals surface area contributed by atoms with E-state index in [2.05, 4.69) is 15.4 Å². The molecule has 1 aliphatic heterocycles. The van der Waals surface area contributed by atoms with Crippen molar-refractivity contribution in [1.82, 2.24) is 20.3 Å². The average molecular weight is 324 g/mol. The van der Waals surface area contributed by atoms with Gasteiger partial charge in [-0.25, -0.2) is 4.79 Å². The van der Waals surface area contributed by atoms with Crippen LogP contribution >= 0.6 is 0 Å². The van der Waals surface area contributed by atoms with Crippen LogP contribution in [0.2, 0.25) is 0 Å². The molecule has 8 nitrogen and oxygen atoms in total. The Balaban J connectivity index is 2.03. The summed E-state index contributed by atoms with van der Waals surface area (Å²) in [5, 5.41) is 10.5. The first-order valence-electron chi connectivity index (χ1n) is 8.14. The molecule has 1 fully saturated rings. The molecule has 1 aromatic heterocycles. The van der Waals surface area contributed by atoms with Crippen LogP contribution in [-0.2, 0) is 14.3 Å². The van der Waals surface area contributed by atoms with Crippen molar-refractivity contribution in [2.45, 2.75) is 45.6 Å². The number of aromatic amines is 1. The first-order chi connectivity index (χ1) is 11.2. The number of rotatable bonds is 8. The predicted molar refractivity (Wildman–Crippen MR) is 81.8 cm³/mol. The molecule has 1 amide bonds. The molecule has 0 aromatic carbocycles. The third-order valence-corrected chi connectivity index (χ3v) is 3.82. The summed E-state index contributed by atoms with van der Waals surface area (Å²) in [5.74, 6) is -0.447. The van der Waals surface area contributed by atoms with E-state index in [9.17, 15) is 9.59 Å². The van der Waals surface area contributed by atoms with Gasteiger partial charge in [-0.2, -0.15) is 10.3 Å². The molecule has 0 radical (unpaired) electrons. The number of nitrogens with one attached hydrogen (secondary N) is 1. The summed E-state index contributed by atoms with van der Waals surface area (Å²) in [6.07, 6.45) is 2.79. The van der Waals surface area contributed by atoms with E-state index in [-0.39, 0.29) is 24.2 Å². The molecule has 0 bridgehead atoms. The lowest BCUT2D eigenvalue weighted by Gasteiger charge is -2.23. The molecule has 8 heteroatoms. The summed E-state index contributed by atoms with van der Waals surface area (Å²) in [6.45, 7) is 5.85. The Morgan fingerprint density at radius 2 is 2.13 bits per heavy atom. The van der Waals surface area contributed by atoms with Crippen molar-refractivity contribution in [3.8, 4) is 0 Å². The molecule has 1 atom stereocenters. The van der Waals surface area contributed by atoms with Crippen LogP contribution in [-0.4, -0.2) is 58.6 Å². The van der Waals surface area contributed by atoms with Crippen LogP contribution in [0.3, 0.4) is 0 Å². The Bertz CT molecular complexity index is 531. The summed E-state index contributed by atoms with van der Waals surface area (Å²) in [4.78, 5) is 26.1. The lowest BCUT2D eigenvalue weighted by molar-refractivity contribution is -0.132. The second-order valence-corrected chi connectivity index (χ2v) is 5.32. The smallest absolute Gasteiger partial charge is 0.360 e. The number of H-pyrrole nitrogens is 1. The molecule has 1 unspecified atom stereocenters. The maximum absolute atomic E-state index is 12.4. The van der Waals surface area contributed by atoms with Crippen LogP contribution in [0.4, 0.5) is 0 Å². The first kappa shape index (κ1) is 17.4. The average Bonchev–Trinajstić information content (AvgIpc) is 3.19. The van der Waals surface area contributed by atoms with Crippen LogP contribution in [0.25, 0.3) is 0 Å². The number of hydrogen-bond acceptors (Lipinski definition) is 6. The molecule has 1 saturated heterocycles. The van der Waals surface area contributed by atoms with E-state index in [1.807, 2.05) is 6.92 Å². The van der Waals surface area contributed by atoms with E-state index in [4.69, 9.17) is 9.47 Å².